The third-order valence-electron chi connectivity index (χ3n) is 0.517. The van der Waals surface area contributed by atoms with Crippen molar-refractivity contribution in [3.63, 3.8) is 0 Å². The summed E-state index contributed by atoms with van der Waals surface area (Å²) in [4.78, 5) is 0. The van der Waals surface area contributed by atoms with Gasteiger partial charge < -0.3 is 0 Å². The van der Waals surface area contributed by atoms with Gasteiger partial charge in [0.25, 0.3) is 0 Å². The zero-order valence-electron chi connectivity index (χ0n) is 3.58. The Kier molecular flexibility index (Phi) is 10.5. The third kappa shape index (κ3) is 6.45. The molecule has 0 amide bonds. The predicted octanol–water partition coefficient (Wildman–Crippen LogP) is 2.30. The van der Waals surface area contributed by atoms with Crippen LogP contribution in [0.5, 0.6) is 0 Å². The first-order chi connectivity index (χ1) is 2.91. The molecule has 6 heavy (non-hydrogen) atoms. The van der Waals surface area contributed by atoms with Crippen LogP contribution in [0.4, 0.5) is 0 Å². The number of hydrogen-bond acceptors (Lipinski definition) is 0. The Morgan fingerprint density at radius 3 is 1.50 bits per heavy atom. The van der Waals surface area contributed by atoms with Gasteiger partial charge in [0.2, 0.25) is 0 Å². The average molecular weight is 500 g/mol. The van der Waals surface area contributed by atoms with Crippen LogP contribution in [0.2, 0.25) is 7.86 Å². The molecule has 0 nitrogen and oxygen atoms in total. The summed E-state index contributed by atoms with van der Waals surface area (Å²) in [6.07, 6.45) is 0. The maximum absolute atomic E-state index is 5.58. The van der Waals surface area contributed by atoms with Crippen molar-refractivity contribution in [2.75, 3.05) is 0 Å². The maximum atomic E-state index is 5.58. The van der Waals surface area contributed by atoms with Crippen LogP contribution >= 0.6 is 16.5 Å². The molecule has 0 bridgehead atoms. The SMILES string of the molecule is [Cl][Hg][CH2][CH2][Hg][Cl]. The molecular weight excluding hydrogens is 496 g/mol. The van der Waals surface area contributed by atoms with Gasteiger partial charge in [0.05, 0.1) is 0 Å². The molecule has 4 heteroatoms. The molecule has 0 aromatic carbocycles. The van der Waals surface area contributed by atoms with Gasteiger partial charge in [-0.2, -0.15) is 0 Å². The molecule has 0 aromatic heterocycles. The summed E-state index contributed by atoms with van der Waals surface area (Å²) >= 11 is -1.45. The quantitative estimate of drug-likeness (QED) is 0.413. The second-order valence-electron chi connectivity index (χ2n) is 1.09. The molecule has 0 heterocycles. The topological polar surface area (TPSA) is 0 Å². The minimum atomic E-state index is -0.725. The van der Waals surface area contributed by atoms with Gasteiger partial charge in [-0.15, -0.1) is 0 Å². The summed E-state index contributed by atoms with van der Waals surface area (Å²) in [6, 6.07) is 0. The predicted molar refractivity (Wildman–Crippen MR) is 21.3 cm³/mol. The Morgan fingerprint density at radius 2 is 1.33 bits per heavy atom. The number of hydrogen-bond donors (Lipinski definition) is 0. The Morgan fingerprint density at radius 1 is 1.00 bits per heavy atom. The summed E-state index contributed by atoms with van der Waals surface area (Å²) < 4.78 is 2.74. The molecule has 0 aromatic rings. The summed E-state index contributed by atoms with van der Waals surface area (Å²) in [6.45, 7) is 0. The number of halogens is 2. The zero-order valence-corrected chi connectivity index (χ0v) is 16.1. The van der Waals surface area contributed by atoms with E-state index >= 15 is 0 Å². The van der Waals surface area contributed by atoms with Crippen molar-refractivity contribution in [1.29, 1.82) is 0 Å². The zero-order chi connectivity index (χ0) is 4.83. The molecule has 0 N–H and O–H groups in total. The van der Waals surface area contributed by atoms with E-state index in [1.807, 2.05) is 0 Å². The van der Waals surface area contributed by atoms with Gasteiger partial charge in [-0.05, 0) is 0 Å². The van der Waals surface area contributed by atoms with Crippen molar-refractivity contribution in [1.82, 2.24) is 0 Å². The van der Waals surface area contributed by atoms with E-state index in [0.29, 0.717) is 0 Å². The fourth-order valence-electron chi connectivity index (χ4n) is 0.189. The Labute approximate surface area is 69.7 Å². The average Bonchev–Trinajstić information content (AvgIpc) is 1.61. The van der Waals surface area contributed by atoms with Crippen LogP contribution in [-0.4, -0.2) is 0 Å². The van der Waals surface area contributed by atoms with E-state index in [1.165, 1.54) is 7.86 Å². The summed E-state index contributed by atoms with van der Waals surface area (Å²) in [5.41, 5.74) is 0. The van der Waals surface area contributed by atoms with Gasteiger partial charge >= 0.3 is 71.0 Å². The fourth-order valence-corrected chi connectivity index (χ4v) is 43.7. The van der Waals surface area contributed by atoms with Crippen molar-refractivity contribution < 1.29 is 46.7 Å². The van der Waals surface area contributed by atoms with Crippen molar-refractivity contribution in [3.05, 3.63) is 0 Å². The van der Waals surface area contributed by atoms with Crippen LogP contribution in [-0.2, 0) is 46.7 Å². The standard InChI is InChI=1S/C2H4.2ClH.2Hg/c1-2;;;;/h1-2H2;2*1H;;/q;;;2*+1/p-2. The third-order valence-corrected chi connectivity index (χ3v) is 26.3. The Balaban J connectivity index is 2.34. The van der Waals surface area contributed by atoms with E-state index in [1.54, 1.807) is 0 Å². The van der Waals surface area contributed by atoms with E-state index < -0.39 is 46.7 Å². The first-order valence-corrected chi connectivity index (χ1v) is 23.3. The van der Waals surface area contributed by atoms with Crippen molar-refractivity contribution >= 4 is 16.5 Å². The van der Waals surface area contributed by atoms with Gasteiger partial charge in [-0.25, -0.2) is 0 Å². The van der Waals surface area contributed by atoms with Crippen LogP contribution in [0.15, 0.2) is 0 Å². The second kappa shape index (κ2) is 7.45. The van der Waals surface area contributed by atoms with Crippen LogP contribution in [0.1, 0.15) is 0 Å². The van der Waals surface area contributed by atoms with E-state index in [2.05, 4.69) is 0 Å². The van der Waals surface area contributed by atoms with E-state index in [0.717, 1.165) is 0 Å². The molecule has 0 rings (SSSR count). The molecular formula is C2H4Cl2Hg2. The first kappa shape index (κ1) is 8.45. The summed E-state index contributed by atoms with van der Waals surface area (Å²) in [7, 11) is 11.2. The van der Waals surface area contributed by atoms with Gasteiger partial charge in [0, 0.05) is 0 Å². The summed E-state index contributed by atoms with van der Waals surface area (Å²) in [5, 5.41) is 0. The molecule has 0 saturated heterocycles. The minimum absolute atomic E-state index is 0.725. The molecule has 0 radical (unpaired) electrons. The normalized spacial score (nSPS) is 6.33. The molecule has 0 aliphatic heterocycles. The number of rotatable bonds is 3. The van der Waals surface area contributed by atoms with Gasteiger partial charge in [0.1, 0.15) is 0 Å². The molecule has 0 atom stereocenters. The molecule has 0 saturated carbocycles. The van der Waals surface area contributed by atoms with Crippen molar-refractivity contribution in [2.45, 2.75) is 7.86 Å². The van der Waals surface area contributed by atoms with Crippen molar-refractivity contribution in [2.24, 2.45) is 0 Å². The van der Waals surface area contributed by atoms with Crippen LogP contribution in [0, 0.1) is 0 Å². The van der Waals surface area contributed by atoms with Crippen LogP contribution < -0.4 is 0 Å². The molecule has 0 aliphatic carbocycles. The van der Waals surface area contributed by atoms with E-state index in [9.17, 15) is 0 Å². The molecule has 0 aliphatic rings. The monoisotopic (exact) mass is 502 g/mol. The second-order valence-corrected chi connectivity index (χ2v) is 16.2. The van der Waals surface area contributed by atoms with Crippen LogP contribution in [0.25, 0.3) is 0 Å². The molecule has 0 spiro atoms. The first-order valence-electron chi connectivity index (χ1n) is 2.03. The van der Waals surface area contributed by atoms with Gasteiger partial charge in [-0.3, -0.25) is 0 Å². The van der Waals surface area contributed by atoms with Gasteiger partial charge in [-0.1, -0.05) is 0 Å². The van der Waals surface area contributed by atoms with Gasteiger partial charge in [0.15, 0.2) is 0 Å². The van der Waals surface area contributed by atoms with E-state index in [4.69, 9.17) is 16.5 Å². The van der Waals surface area contributed by atoms with E-state index in [-0.39, 0.29) is 0 Å². The Bertz CT molecular complexity index is 21.5. The Hall–Kier alpha value is 2.45. The van der Waals surface area contributed by atoms with Crippen molar-refractivity contribution in [3.8, 4) is 0 Å². The van der Waals surface area contributed by atoms with Crippen LogP contribution in [0.3, 0.4) is 0 Å². The molecule has 30 valence electrons. The molecule has 0 fully saturated rings. The summed E-state index contributed by atoms with van der Waals surface area (Å²) in [5.74, 6) is 0. The fraction of sp³-hybridized carbons (Fsp3) is 1.00. The molecule has 0 unspecified atom stereocenters.